The second kappa shape index (κ2) is 7.94. The van der Waals surface area contributed by atoms with E-state index < -0.39 is 0 Å². The van der Waals surface area contributed by atoms with E-state index in [2.05, 4.69) is 41.9 Å². The number of para-hydroxylation sites is 1. The van der Waals surface area contributed by atoms with Crippen molar-refractivity contribution in [1.82, 2.24) is 14.8 Å². The number of pyridine rings is 1. The van der Waals surface area contributed by atoms with Gasteiger partial charge in [0.15, 0.2) is 0 Å². The van der Waals surface area contributed by atoms with Crippen LogP contribution in [0.4, 0.5) is 0 Å². The van der Waals surface area contributed by atoms with Crippen molar-refractivity contribution in [2.45, 2.75) is 58.1 Å². The maximum Gasteiger partial charge on any atom is 0.253 e. The molecule has 0 saturated carbocycles. The van der Waals surface area contributed by atoms with E-state index in [9.17, 15) is 4.79 Å². The van der Waals surface area contributed by atoms with E-state index in [1.54, 1.807) is 12.4 Å². The highest BCUT2D eigenvalue weighted by Gasteiger charge is 2.39. The van der Waals surface area contributed by atoms with E-state index in [-0.39, 0.29) is 11.5 Å². The maximum atomic E-state index is 12.7. The highest BCUT2D eigenvalue weighted by atomic mass is 16.5. The Balaban J connectivity index is 1.16. The van der Waals surface area contributed by atoms with Gasteiger partial charge in [-0.3, -0.25) is 14.7 Å². The zero-order valence-electron chi connectivity index (χ0n) is 18.8. The fourth-order valence-electron chi connectivity index (χ4n) is 5.59. The van der Waals surface area contributed by atoms with E-state index in [1.165, 1.54) is 24.0 Å². The lowest BCUT2D eigenvalue weighted by Crippen LogP contribution is -2.48. The zero-order chi connectivity index (χ0) is 21.5. The van der Waals surface area contributed by atoms with Crippen molar-refractivity contribution in [2.75, 3.05) is 26.2 Å². The highest BCUT2D eigenvalue weighted by molar-refractivity contribution is 5.94. The number of aromatic nitrogens is 1. The molecule has 5 nitrogen and oxygen atoms in total. The standard InChI is InChI=1S/C26H33N3O2/c1-25(2)18-21-4-3-5-22(23(21)31-25)19-28-14-8-26(9-15-28)10-16-29(17-11-26)24(30)20-6-12-27-13-7-20/h3-7,12-13H,8-11,14-19H2,1-2H3. The first kappa shape index (κ1) is 20.5. The van der Waals surface area contributed by atoms with Gasteiger partial charge in [-0.25, -0.2) is 0 Å². The molecule has 2 fully saturated rings. The molecule has 1 spiro atoms. The van der Waals surface area contributed by atoms with E-state index in [4.69, 9.17) is 4.74 Å². The molecular formula is C26H33N3O2. The predicted molar refractivity (Wildman–Crippen MR) is 121 cm³/mol. The lowest BCUT2D eigenvalue weighted by Gasteiger charge is -2.47. The van der Waals surface area contributed by atoms with E-state index >= 15 is 0 Å². The van der Waals surface area contributed by atoms with Crippen molar-refractivity contribution in [3.8, 4) is 5.75 Å². The quantitative estimate of drug-likeness (QED) is 0.744. The summed E-state index contributed by atoms with van der Waals surface area (Å²) < 4.78 is 6.28. The maximum absolute atomic E-state index is 12.7. The Morgan fingerprint density at radius 3 is 2.39 bits per heavy atom. The number of likely N-dealkylation sites (tertiary alicyclic amines) is 2. The van der Waals surface area contributed by atoms with Crippen LogP contribution in [0.1, 0.15) is 61.0 Å². The molecule has 31 heavy (non-hydrogen) atoms. The first-order valence-electron chi connectivity index (χ1n) is 11.6. The average Bonchev–Trinajstić information content (AvgIpc) is 3.11. The summed E-state index contributed by atoms with van der Waals surface area (Å²) >= 11 is 0. The Morgan fingerprint density at radius 2 is 1.68 bits per heavy atom. The smallest absolute Gasteiger partial charge is 0.253 e. The number of piperidine rings is 2. The van der Waals surface area contributed by atoms with Crippen LogP contribution in [0, 0.1) is 5.41 Å². The van der Waals surface area contributed by atoms with Crippen molar-refractivity contribution in [3.63, 3.8) is 0 Å². The molecule has 0 unspecified atom stereocenters. The third kappa shape index (κ3) is 4.20. The summed E-state index contributed by atoms with van der Waals surface area (Å²) in [4.78, 5) is 21.4. The normalized spacial score (nSPS) is 22.2. The summed E-state index contributed by atoms with van der Waals surface area (Å²) in [5, 5.41) is 0. The van der Waals surface area contributed by atoms with E-state index in [1.807, 2.05) is 17.0 Å². The molecule has 1 aromatic heterocycles. The summed E-state index contributed by atoms with van der Waals surface area (Å²) in [6.07, 6.45) is 9.09. The van der Waals surface area contributed by atoms with Crippen LogP contribution < -0.4 is 4.74 Å². The van der Waals surface area contributed by atoms with Gasteiger partial charge in [0.25, 0.3) is 5.91 Å². The number of nitrogens with zero attached hydrogens (tertiary/aromatic N) is 3. The third-order valence-electron chi connectivity index (χ3n) is 7.52. The fourth-order valence-corrected chi connectivity index (χ4v) is 5.59. The Hall–Kier alpha value is -2.40. The second-order valence-electron chi connectivity index (χ2n) is 10.2. The van der Waals surface area contributed by atoms with Crippen LogP contribution in [0.2, 0.25) is 0 Å². The molecule has 5 rings (SSSR count). The van der Waals surface area contributed by atoms with Gasteiger partial charge in [-0.1, -0.05) is 18.2 Å². The lowest BCUT2D eigenvalue weighted by atomic mass is 9.71. The summed E-state index contributed by atoms with van der Waals surface area (Å²) in [7, 11) is 0. The first-order valence-corrected chi connectivity index (χ1v) is 11.6. The van der Waals surface area contributed by atoms with E-state index in [0.29, 0.717) is 5.41 Å². The van der Waals surface area contributed by atoms with Crippen LogP contribution in [0.25, 0.3) is 0 Å². The topological polar surface area (TPSA) is 45.7 Å². The minimum absolute atomic E-state index is 0.0912. The van der Waals surface area contributed by atoms with Crippen molar-refractivity contribution < 1.29 is 9.53 Å². The molecule has 3 aliphatic heterocycles. The lowest BCUT2D eigenvalue weighted by molar-refractivity contribution is 0.0282. The Morgan fingerprint density at radius 1 is 1.00 bits per heavy atom. The second-order valence-corrected chi connectivity index (χ2v) is 10.2. The molecular weight excluding hydrogens is 386 g/mol. The summed E-state index contributed by atoms with van der Waals surface area (Å²) in [5.74, 6) is 1.27. The van der Waals surface area contributed by atoms with Crippen molar-refractivity contribution >= 4 is 5.91 Å². The number of amides is 1. The van der Waals surface area contributed by atoms with Crippen molar-refractivity contribution in [1.29, 1.82) is 0 Å². The molecule has 0 bridgehead atoms. The van der Waals surface area contributed by atoms with Gasteiger partial charge in [-0.15, -0.1) is 0 Å². The Bertz CT molecular complexity index is 938. The monoisotopic (exact) mass is 419 g/mol. The third-order valence-corrected chi connectivity index (χ3v) is 7.52. The number of fused-ring (bicyclic) bond motifs is 1. The number of rotatable bonds is 3. The molecule has 2 aromatic rings. The van der Waals surface area contributed by atoms with Gasteiger partial charge in [0, 0.05) is 49.6 Å². The van der Waals surface area contributed by atoms with Gasteiger partial charge in [0.2, 0.25) is 0 Å². The Labute approximate surface area is 185 Å². The number of ether oxygens (including phenoxy) is 1. The summed E-state index contributed by atoms with van der Waals surface area (Å²) in [6, 6.07) is 10.3. The van der Waals surface area contributed by atoms with Crippen molar-refractivity contribution in [3.05, 3.63) is 59.4 Å². The molecule has 1 amide bonds. The van der Waals surface area contributed by atoms with E-state index in [0.717, 1.165) is 63.3 Å². The minimum atomic E-state index is -0.0912. The number of carbonyl (C=O) groups excluding carboxylic acids is 1. The van der Waals surface area contributed by atoms with Gasteiger partial charge in [0.05, 0.1) is 0 Å². The van der Waals surface area contributed by atoms with Crippen LogP contribution in [0.3, 0.4) is 0 Å². The van der Waals surface area contributed by atoms with Crippen LogP contribution in [-0.2, 0) is 13.0 Å². The molecule has 0 aliphatic carbocycles. The molecule has 4 heterocycles. The molecule has 0 atom stereocenters. The SMILES string of the molecule is CC1(C)Cc2cccc(CN3CCC4(CC3)CCN(C(=O)c3ccncc3)CC4)c2O1. The molecule has 2 saturated heterocycles. The van der Waals surface area contributed by atoms with Crippen molar-refractivity contribution in [2.24, 2.45) is 5.41 Å². The molecule has 3 aliphatic rings. The van der Waals surface area contributed by atoms with Gasteiger partial charge in [-0.2, -0.15) is 0 Å². The zero-order valence-corrected chi connectivity index (χ0v) is 18.8. The van der Waals surface area contributed by atoms with Crippen LogP contribution in [0.5, 0.6) is 5.75 Å². The molecule has 1 aromatic carbocycles. The van der Waals surface area contributed by atoms with Gasteiger partial charge in [-0.05, 0) is 75.7 Å². The van der Waals surface area contributed by atoms with Gasteiger partial charge < -0.3 is 9.64 Å². The minimum Gasteiger partial charge on any atom is -0.487 e. The molecule has 0 N–H and O–H groups in total. The van der Waals surface area contributed by atoms with Gasteiger partial charge >= 0.3 is 0 Å². The molecule has 0 radical (unpaired) electrons. The average molecular weight is 420 g/mol. The number of carbonyl (C=O) groups is 1. The summed E-state index contributed by atoms with van der Waals surface area (Å²) in [5.41, 5.74) is 3.75. The van der Waals surface area contributed by atoms with Crippen LogP contribution in [-0.4, -0.2) is 52.5 Å². The number of hydrogen-bond donors (Lipinski definition) is 0. The number of hydrogen-bond acceptors (Lipinski definition) is 4. The first-order chi connectivity index (χ1) is 14.9. The number of benzene rings is 1. The Kier molecular flexibility index (Phi) is 5.25. The summed E-state index contributed by atoms with van der Waals surface area (Å²) in [6.45, 7) is 9.33. The predicted octanol–water partition coefficient (Wildman–Crippen LogP) is 4.31. The highest BCUT2D eigenvalue weighted by Crippen LogP contribution is 2.43. The fraction of sp³-hybridized carbons (Fsp3) is 0.538. The van der Waals surface area contributed by atoms with Crippen LogP contribution in [0.15, 0.2) is 42.7 Å². The molecule has 5 heteroatoms. The largest absolute Gasteiger partial charge is 0.487 e. The molecule has 164 valence electrons. The van der Waals surface area contributed by atoms with Gasteiger partial charge in [0.1, 0.15) is 11.4 Å². The van der Waals surface area contributed by atoms with Crippen LogP contribution >= 0.6 is 0 Å².